The quantitative estimate of drug-likeness (QED) is 0.210. The lowest BCUT2D eigenvalue weighted by Crippen LogP contribution is -2.59. The molecule has 0 radical (unpaired) electrons. The fourth-order valence-corrected chi connectivity index (χ4v) is 7.47. The molecule has 2 aromatic carbocycles. The molecule has 2 amide bonds. The van der Waals surface area contributed by atoms with Crippen LogP contribution in [0.5, 0.6) is 5.75 Å². The van der Waals surface area contributed by atoms with Crippen LogP contribution in [0.4, 0.5) is 0 Å². The molecule has 0 bridgehead atoms. The van der Waals surface area contributed by atoms with E-state index in [2.05, 4.69) is 15.9 Å². The highest BCUT2D eigenvalue weighted by Gasteiger charge is 2.75. The Morgan fingerprint density at radius 2 is 1.71 bits per heavy atom. The molecule has 0 spiro atoms. The highest BCUT2D eigenvalue weighted by molar-refractivity contribution is 9.09. The number of aromatic hydroxyl groups is 1. The molecule has 3 aliphatic rings. The van der Waals surface area contributed by atoms with Crippen LogP contribution in [0.2, 0.25) is 0 Å². The summed E-state index contributed by atoms with van der Waals surface area (Å²) in [5.41, 5.74) is 0.492. The molecular weight excluding hydrogens is 599 g/mol. The number of fused-ring (bicyclic) bond motifs is 4. The van der Waals surface area contributed by atoms with Crippen LogP contribution < -0.4 is 11.4 Å². The molecule has 0 unspecified atom stereocenters. The first-order valence-electron chi connectivity index (χ1n) is 11.9. The molecule has 2 aliphatic heterocycles. The van der Waals surface area contributed by atoms with Gasteiger partial charge in [0, 0.05) is 17.9 Å². The number of aromatic nitrogens is 3. The van der Waals surface area contributed by atoms with Gasteiger partial charge in [0.2, 0.25) is 0 Å². The van der Waals surface area contributed by atoms with Crippen molar-refractivity contribution in [2.24, 2.45) is 0 Å². The SMILES string of the molecule is Cc1cccc([C@H]2C3=CCn4c(=O)n(-c5ccccc5)c(=O)n4[C@@H]3C[C@@]3(Cl)C(=O)N(CBr)C(=O)[C@@]23Cl)c1O. The molecule has 38 heavy (non-hydrogen) atoms. The molecule has 4 atom stereocenters. The average molecular weight is 620 g/mol. The fraction of sp³-hybridized carbons (Fsp3) is 0.308. The normalized spacial score (nSPS) is 28.1. The lowest BCUT2D eigenvalue weighted by atomic mass is 9.64. The van der Waals surface area contributed by atoms with E-state index in [0.29, 0.717) is 22.4 Å². The van der Waals surface area contributed by atoms with E-state index in [9.17, 15) is 24.3 Å². The van der Waals surface area contributed by atoms with Crippen LogP contribution >= 0.6 is 39.1 Å². The first kappa shape index (κ1) is 25.2. The third-order valence-corrected chi connectivity index (χ3v) is 9.79. The van der Waals surface area contributed by atoms with Gasteiger partial charge in [0.1, 0.15) is 5.75 Å². The van der Waals surface area contributed by atoms with Crippen molar-refractivity contribution in [3.63, 3.8) is 0 Å². The van der Waals surface area contributed by atoms with Crippen molar-refractivity contribution in [3.8, 4) is 11.4 Å². The van der Waals surface area contributed by atoms with Crippen molar-refractivity contribution in [2.75, 3.05) is 5.45 Å². The summed E-state index contributed by atoms with van der Waals surface area (Å²) in [6.45, 7) is 1.73. The molecule has 1 saturated heterocycles. The van der Waals surface area contributed by atoms with Gasteiger partial charge in [-0.05, 0) is 30.2 Å². The highest BCUT2D eigenvalue weighted by Crippen LogP contribution is 2.64. The van der Waals surface area contributed by atoms with Crippen LogP contribution in [0.1, 0.15) is 29.5 Å². The molecule has 6 rings (SSSR count). The number of phenolic OH excluding ortho intramolecular Hbond substituents is 1. The van der Waals surface area contributed by atoms with E-state index < -0.39 is 44.9 Å². The third-order valence-electron chi connectivity index (χ3n) is 7.88. The Hall–Kier alpha value is -3.08. The Kier molecular flexibility index (Phi) is 5.61. The van der Waals surface area contributed by atoms with Crippen molar-refractivity contribution < 1.29 is 14.7 Å². The van der Waals surface area contributed by atoms with E-state index in [4.69, 9.17) is 23.2 Å². The number of hydrogen-bond donors (Lipinski definition) is 1. The summed E-state index contributed by atoms with van der Waals surface area (Å²) in [6.07, 6.45) is 1.53. The van der Waals surface area contributed by atoms with Gasteiger partial charge in [-0.3, -0.25) is 14.5 Å². The maximum atomic E-state index is 13.8. The van der Waals surface area contributed by atoms with Gasteiger partial charge in [-0.25, -0.2) is 23.5 Å². The summed E-state index contributed by atoms with van der Waals surface area (Å²) in [5.74, 6) is -2.55. The second kappa shape index (κ2) is 8.46. The number of amides is 2. The second-order valence-corrected chi connectivity index (χ2v) is 11.4. The van der Waals surface area contributed by atoms with Crippen molar-refractivity contribution in [1.82, 2.24) is 18.8 Å². The number of alkyl halides is 3. The standard InChI is InChI=1S/C26H21BrCl2N4O5/c1-14-6-5-9-17(20(14)34)19-16-10-11-31-23(37)32(15-7-3-2-4-8-15)24(38)33(31)18(16)12-25(28)21(35)30(13-27)22(36)26(19,25)29/h2-10,18-19,34H,11-13H2,1H3/t18-,19-,25-,26+/m1/s1. The minimum Gasteiger partial charge on any atom is -0.507 e. The van der Waals surface area contributed by atoms with Crippen molar-refractivity contribution in [3.05, 3.63) is 92.3 Å². The summed E-state index contributed by atoms with van der Waals surface area (Å²) in [4.78, 5) is 51.5. The van der Waals surface area contributed by atoms with Gasteiger partial charge in [0.25, 0.3) is 11.8 Å². The average Bonchev–Trinajstić information content (AvgIpc) is 3.24. The number of rotatable bonds is 3. The van der Waals surface area contributed by atoms with Gasteiger partial charge in [0.05, 0.1) is 23.7 Å². The number of para-hydroxylation sites is 2. The smallest absolute Gasteiger partial charge is 0.352 e. The molecule has 3 heterocycles. The van der Waals surface area contributed by atoms with Crippen LogP contribution in [0, 0.1) is 6.92 Å². The van der Waals surface area contributed by atoms with Crippen LogP contribution in [0.15, 0.2) is 69.8 Å². The van der Waals surface area contributed by atoms with Crippen molar-refractivity contribution in [1.29, 1.82) is 0 Å². The zero-order chi connectivity index (χ0) is 27.1. The Morgan fingerprint density at radius 3 is 2.39 bits per heavy atom. The Balaban J connectivity index is 1.64. The zero-order valence-corrected chi connectivity index (χ0v) is 23.1. The van der Waals surface area contributed by atoms with Gasteiger partial charge < -0.3 is 5.11 Å². The number of imide groups is 1. The molecule has 1 saturated carbocycles. The third kappa shape index (κ3) is 2.99. The Labute approximate surface area is 234 Å². The van der Waals surface area contributed by atoms with Crippen LogP contribution in [0.25, 0.3) is 5.69 Å². The molecule has 3 aromatic rings. The lowest BCUT2D eigenvalue weighted by molar-refractivity contribution is -0.138. The number of aryl methyl sites for hydroxylation is 1. The highest BCUT2D eigenvalue weighted by atomic mass is 79.9. The number of likely N-dealkylation sites (tertiary alicyclic amines) is 1. The lowest BCUT2D eigenvalue weighted by Gasteiger charge is -2.49. The molecule has 1 aromatic heterocycles. The number of benzene rings is 2. The minimum absolute atomic E-state index is 0.0232. The molecule has 9 nitrogen and oxygen atoms in total. The summed E-state index contributed by atoms with van der Waals surface area (Å²) in [6, 6.07) is 12.7. The van der Waals surface area contributed by atoms with E-state index >= 15 is 0 Å². The van der Waals surface area contributed by atoms with Gasteiger partial charge in [-0.2, -0.15) is 0 Å². The summed E-state index contributed by atoms with van der Waals surface area (Å²) >= 11 is 17.5. The van der Waals surface area contributed by atoms with Gasteiger partial charge in [0.15, 0.2) is 9.75 Å². The number of nitrogens with zero attached hydrogens (tertiary/aromatic N) is 4. The Morgan fingerprint density at radius 1 is 1.00 bits per heavy atom. The number of carbonyl (C=O) groups is 2. The number of phenols is 1. The zero-order valence-electron chi connectivity index (χ0n) is 20.0. The number of hydrogen-bond acceptors (Lipinski definition) is 5. The summed E-state index contributed by atoms with van der Waals surface area (Å²) < 4.78 is 3.65. The molecule has 12 heteroatoms. The van der Waals surface area contributed by atoms with Crippen LogP contribution in [-0.2, 0) is 16.1 Å². The predicted octanol–water partition coefficient (Wildman–Crippen LogP) is 3.16. The van der Waals surface area contributed by atoms with Gasteiger partial charge >= 0.3 is 11.4 Å². The van der Waals surface area contributed by atoms with E-state index in [0.717, 1.165) is 9.47 Å². The fourth-order valence-electron chi connectivity index (χ4n) is 6.07. The largest absolute Gasteiger partial charge is 0.507 e. The topological polar surface area (TPSA) is 107 Å². The van der Waals surface area contributed by atoms with Crippen molar-refractivity contribution in [2.45, 2.75) is 41.6 Å². The first-order chi connectivity index (χ1) is 18.1. The maximum absolute atomic E-state index is 13.8. The number of halogens is 3. The van der Waals surface area contributed by atoms with Crippen LogP contribution in [-0.4, -0.2) is 51.0 Å². The van der Waals surface area contributed by atoms with Gasteiger partial charge in [-0.1, -0.05) is 58.4 Å². The maximum Gasteiger partial charge on any atom is 0.352 e. The summed E-state index contributed by atoms with van der Waals surface area (Å²) in [7, 11) is 0. The van der Waals surface area contributed by atoms with E-state index in [1.807, 2.05) is 0 Å². The minimum atomic E-state index is -1.99. The predicted molar refractivity (Wildman–Crippen MR) is 144 cm³/mol. The van der Waals surface area contributed by atoms with Gasteiger partial charge in [-0.15, -0.1) is 23.2 Å². The molecule has 196 valence electrons. The Bertz CT molecular complexity index is 1680. The molecular formula is C26H21BrCl2N4O5. The number of carbonyl (C=O) groups excluding carboxylic acids is 2. The molecule has 1 N–H and O–H groups in total. The van der Waals surface area contributed by atoms with Crippen molar-refractivity contribution >= 4 is 50.9 Å². The first-order valence-corrected chi connectivity index (χ1v) is 13.7. The molecule has 2 fully saturated rings. The van der Waals surface area contributed by atoms with E-state index in [1.165, 1.54) is 9.36 Å². The molecule has 1 aliphatic carbocycles. The van der Waals surface area contributed by atoms with Crippen LogP contribution in [0.3, 0.4) is 0 Å². The number of allylic oxidation sites excluding steroid dienone is 2. The summed E-state index contributed by atoms with van der Waals surface area (Å²) in [5, 5.41) is 11.1. The van der Waals surface area contributed by atoms with E-state index in [1.54, 1.807) is 61.5 Å². The van der Waals surface area contributed by atoms with E-state index in [-0.39, 0.29) is 24.2 Å². The monoisotopic (exact) mass is 618 g/mol. The second-order valence-electron chi connectivity index (χ2n) is 9.70.